The van der Waals surface area contributed by atoms with Gasteiger partial charge in [0, 0.05) is 30.8 Å². The van der Waals surface area contributed by atoms with Crippen LogP contribution in [0.5, 0.6) is 11.5 Å². The summed E-state index contributed by atoms with van der Waals surface area (Å²) in [5.74, 6) is 1.34. The number of amides is 3. The highest BCUT2D eigenvalue weighted by molar-refractivity contribution is 5.97. The molecule has 2 N–H and O–H groups in total. The molecule has 0 aliphatic carbocycles. The van der Waals surface area contributed by atoms with Crippen LogP contribution in [0.25, 0.3) is 0 Å². The average Bonchev–Trinajstić information content (AvgIpc) is 3.10. The molecule has 2 heterocycles. The van der Waals surface area contributed by atoms with E-state index >= 15 is 0 Å². The van der Waals surface area contributed by atoms with E-state index in [-0.39, 0.29) is 30.4 Å². The summed E-state index contributed by atoms with van der Waals surface area (Å²) in [4.78, 5) is 28.9. The van der Waals surface area contributed by atoms with Crippen LogP contribution in [0.3, 0.4) is 0 Å². The molecule has 8 heteroatoms. The molecule has 0 bridgehead atoms. The molecule has 2 aliphatic heterocycles. The monoisotopic (exact) mass is 418 g/mol. The van der Waals surface area contributed by atoms with Crippen molar-refractivity contribution in [3.63, 3.8) is 0 Å². The van der Waals surface area contributed by atoms with Gasteiger partial charge in [0.15, 0.2) is 11.5 Å². The summed E-state index contributed by atoms with van der Waals surface area (Å²) in [5, 5.41) is 5.94. The zero-order valence-electron chi connectivity index (χ0n) is 18.3. The predicted molar refractivity (Wildman–Crippen MR) is 116 cm³/mol. The number of carbonyl (C=O) groups is 2. The molecule has 3 rings (SSSR count). The molecule has 0 radical (unpaired) electrons. The van der Waals surface area contributed by atoms with Crippen molar-refractivity contribution in [1.29, 1.82) is 0 Å². The van der Waals surface area contributed by atoms with E-state index < -0.39 is 0 Å². The Bertz CT molecular complexity index is 738. The van der Waals surface area contributed by atoms with Gasteiger partial charge in [-0.1, -0.05) is 13.8 Å². The number of benzene rings is 1. The lowest BCUT2D eigenvalue weighted by molar-refractivity contribution is -0.117. The molecule has 0 unspecified atom stereocenters. The molecule has 30 heavy (non-hydrogen) atoms. The third-order valence-electron chi connectivity index (χ3n) is 5.68. The zero-order chi connectivity index (χ0) is 21.5. The molecule has 1 aromatic carbocycles. The summed E-state index contributed by atoms with van der Waals surface area (Å²) in [6.45, 7) is 11.0. The minimum Gasteiger partial charge on any atom is -0.486 e. The lowest BCUT2D eigenvalue weighted by Gasteiger charge is -2.22. The third-order valence-corrected chi connectivity index (χ3v) is 5.68. The highest BCUT2D eigenvalue weighted by Gasteiger charge is 2.32. The van der Waals surface area contributed by atoms with E-state index in [2.05, 4.69) is 29.4 Å². The Labute approximate surface area is 178 Å². The lowest BCUT2D eigenvalue weighted by atomic mass is 10.2. The molecule has 166 valence electrons. The minimum atomic E-state index is -0.216. The maximum absolute atomic E-state index is 12.5. The van der Waals surface area contributed by atoms with Crippen LogP contribution in [0.2, 0.25) is 0 Å². The largest absolute Gasteiger partial charge is 0.486 e. The number of nitrogens with one attached hydrogen (secondary N) is 2. The average molecular weight is 419 g/mol. The summed E-state index contributed by atoms with van der Waals surface area (Å²) in [7, 11) is 0. The Kier molecular flexibility index (Phi) is 7.79. The van der Waals surface area contributed by atoms with Gasteiger partial charge in [-0.3, -0.25) is 4.79 Å². The molecule has 1 aromatic rings. The van der Waals surface area contributed by atoms with Crippen LogP contribution >= 0.6 is 0 Å². The quantitative estimate of drug-likeness (QED) is 0.643. The number of carbonyl (C=O) groups excluding carboxylic acids is 2. The molecule has 1 saturated heterocycles. The highest BCUT2D eigenvalue weighted by Crippen LogP contribution is 2.35. The van der Waals surface area contributed by atoms with E-state index in [0.29, 0.717) is 31.3 Å². The third kappa shape index (κ3) is 5.78. The first-order chi connectivity index (χ1) is 14.5. The van der Waals surface area contributed by atoms with Crippen molar-refractivity contribution in [1.82, 2.24) is 15.5 Å². The molecule has 0 spiro atoms. The van der Waals surface area contributed by atoms with Gasteiger partial charge in [0.25, 0.3) is 0 Å². The van der Waals surface area contributed by atoms with Crippen LogP contribution in [-0.4, -0.2) is 68.3 Å². The first kappa shape index (κ1) is 22.2. The summed E-state index contributed by atoms with van der Waals surface area (Å²) >= 11 is 0. The second-order valence-corrected chi connectivity index (χ2v) is 7.92. The van der Waals surface area contributed by atoms with Gasteiger partial charge >= 0.3 is 6.03 Å². The summed E-state index contributed by atoms with van der Waals surface area (Å²) in [6, 6.07) is 5.16. The summed E-state index contributed by atoms with van der Waals surface area (Å²) in [5.41, 5.74) is 0.763. The number of urea groups is 1. The zero-order valence-corrected chi connectivity index (χ0v) is 18.3. The molecule has 2 atom stereocenters. The van der Waals surface area contributed by atoms with Gasteiger partial charge in [0.05, 0.1) is 6.04 Å². The normalized spacial score (nSPS) is 19.1. The van der Waals surface area contributed by atoms with Crippen LogP contribution < -0.4 is 25.0 Å². The van der Waals surface area contributed by atoms with Crippen LogP contribution in [0.1, 0.15) is 40.0 Å². The summed E-state index contributed by atoms with van der Waals surface area (Å²) in [6.07, 6.45) is 2.26. The second kappa shape index (κ2) is 10.5. The number of rotatable bonds is 9. The Balaban J connectivity index is 1.45. The molecule has 1 fully saturated rings. The Morgan fingerprint density at radius 1 is 1.23 bits per heavy atom. The van der Waals surface area contributed by atoms with E-state index in [0.717, 1.165) is 38.2 Å². The van der Waals surface area contributed by atoms with Gasteiger partial charge in [-0.2, -0.15) is 0 Å². The van der Waals surface area contributed by atoms with Gasteiger partial charge in [-0.05, 0) is 51.5 Å². The van der Waals surface area contributed by atoms with Crippen molar-refractivity contribution >= 4 is 17.6 Å². The van der Waals surface area contributed by atoms with E-state index in [1.807, 2.05) is 25.1 Å². The fourth-order valence-corrected chi connectivity index (χ4v) is 3.94. The van der Waals surface area contributed by atoms with Crippen LogP contribution in [0.15, 0.2) is 18.2 Å². The van der Waals surface area contributed by atoms with E-state index in [4.69, 9.17) is 9.47 Å². The number of anilines is 1. The summed E-state index contributed by atoms with van der Waals surface area (Å²) < 4.78 is 11.1. The molecule has 0 aromatic heterocycles. The lowest BCUT2D eigenvalue weighted by Crippen LogP contribution is -2.46. The number of fused-ring (bicyclic) bond motifs is 1. The van der Waals surface area contributed by atoms with Gasteiger partial charge in [-0.15, -0.1) is 0 Å². The van der Waals surface area contributed by atoms with Crippen molar-refractivity contribution < 1.29 is 19.1 Å². The van der Waals surface area contributed by atoms with Crippen LogP contribution in [0.4, 0.5) is 10.5 Å². The molecule has 2 aliphatic rings. The SMILES string of the molecule is CCN(CC)CCC[C@@H](C)NC(=O)N[C@@H]1CC(=O)N(c2ccc3c(c2)OCCO3)C1. The molecule has 8 nitrogen and oxygen atoms in total. The fraction of sp³-hybridized carbons (Fsp3) is 0.636. The number of nitrogens with zero attached hydrogens (tertiary/aromatic N) is 2. The van der Waals surface area contributed by atoms with Crippen molar-refractivity contribution in [2.45, 2.75) is 52.1 Å². The van der Waals surface area contributed by atoms with Crippen LogP contribution in [0, 0.1) is 0 Å². The number of hydrogen-bond donors (Lipinski definition) is 2. The highest BCUT2D eigenvalue weighted by atomic mass is 16.6. The van der Waals surface area contributed by atoms with Crippen molar-refractivity contribution in [2.75, 3.05) is 44.3 Å². The minimum absolute atomic E-state index is 0.00995. The predicted octanol–water partition coefficient (Wildman–Crippen LogP) is 2.37. The number of hydrogen-bond acceptors (Lipinski definition) is 5. The first-order valence-corrected chi connectivity index (χ1v) is 11.0. The van der Waals surface area contributed by atoms with Gasteiger partial charge in [0.1, 0.15) is 13.2 Å². The van der Waals surface area contributed by atoms with E-state index in [1.165, 1.54) is 0 Å². The standard InChI is InChI=1S/C22H34N4O4/c1-4-25(5-2)10-6-7-16(3)23-22(28)24-17-13-21(27)26(15-17)18-8-9-19-20(14-18)30-12-11-29-19/h8-9,14,16-17H,4-7,10-13,15H2,1-3H3,(H2,23,24,28)/t16-,17-/m1/s1. The molecular weight excluding hydrogens is 384 g/mol. The Hall–Kier alpha value is -2.48. The Morgan fingerprint density at radius 2 is 1.97 bits per heavy atom. The van der Waals surface area contributed by atoms with Crippen molar-refractivity contribution in [3.8, 4) is 11.5 Å². The molecule has 3 amide bonds. The topological polar surface area (TPSA) is 83.1 Å². The van der Waals surface area contributed by atoms with Gasteiger partial charge in [-0.25, -0.2) is 4.79 Å². The smallest absolute Gasteiger partial charge is 0.315 e. The van der Waals surface area contributed by atoms with E-state index in [1.54, 1.807) is 4.90 Å². The second-order valence-electron chi connectivity index (χ2n) is 7.92. The first-order valence-electron chi connectivity index (χ1n) is 11.0. The number of ether oxygens (including phenoxy) is 2. The maximum Gasteiger partial charge on any atom is 0.315 e. The van der Waals surface area contributed by atoms with E-state index in [9.17, 15) is 9.59 Å². The van der Waals surface area contributed by atoms with Crippen LogP contribution in [-0.2, 0) is 4.79 Å². The Morgan fingerprint density at radius 3 is 2.70 bits per heavy atom. The van der Waals surface area contributed by atoms with Gasteiger partial charge in [0.2, 0.25) is 5.91 Å². The fourth-order valence-electron chi connectivity index (χ4n) is 3.94. The van der Waals surface area contributed by atoms with Crippen molar-refractivity contribution in [3.05, 3.63) is 18.2 Å². The molecule has 0 saturated carbocycles. The molecular formula is C22H34N4O4. The van der Waals surface area contributed by atoms with Crippen molar-refractivity contribution in [2.24, 2.45) is 0 Å². The maximum atomic E-state index is 12.5. The van der Waals surface area contributed by atoms with Gasteiger partial charge < -0.3 is 29.9 Å².